The van der Waals surface area contributed by atoms with Crippen LogP contribution in [0.1, 0.15) is 26.2 Å². The SMILES string of the molecule is COC(=O)N1CCCC(NC2CC(C)N(C)C2)C1. The van der Waals surface area contributed by atoms with Gasteiger partial charge < -0.3 is 19.9 Å². The lowest BCUT2D eigenvalue weighted by Crippen LogP contribution is -2.51. The van der Waals surface area contributed by atoms with Crippen molar-refractivity contribution in [2.75, 3.05) is 33.8 Å². The van der Waals surface area contributed by atoms with Gasteiger partial charge in [-0.3, -0.25) is 0 Å². The number of amides is 1. The Bertz CT molecular complexity index is 288. The van der Waals surface area contributed by atoms with Crippen LogP contribution in [0.25, 0.3) is 0 Å². The number of nitrogens with one attached hydrogen (secondary N) is 1. The summed E-state index contributed by atoms with van der Waals surface area (Å²) < 4.78 is 4.79. The van der Waals surface area contributed by atoms with Crippen LogP contribution in [0, 0.1) is 0 Å². The van der Waals surface area contributed by atoms with Gasteiger partial charge in [-0.1, -0.05) is 0 Å². The number of likely N-dealkylation sites (tertiary alicyclic amines) is 2. The minimum absolute atomic E-state index is 0.196. The molecule has 0 saturated carbocycles. The number of methoxy groups -OCH3 is 1. The zero-order valence-electron chi connectivity index (χ0n) is 11.7. The lowest BCUT2D eigenvalue weighted by molar-refractivity contribution is 0.106. The molecule has 1 amide bonds. The van der Waals surface area contributed by atoms with E-state index < -0.39 is 0 Å². The second kappa shape index (κ2) is 5.89. The fourth-order valence-corrected chi connectivity index (χ4v) is 3.06. The third-order valence-electron chi connectivity index (χ3n) is 4.21. The van der Waals surface area contributed by atoms with Gasteiger partial charge in [-0.15, -0.1) is 0 Å². The molecule has 3 atom stereocenters. The first-order chi connectivity index (χ1) is 8.60. The van der Waals surface area contributed by atoms with Gasteiger partial charge in [0.05, 0.1) is 7.11 Å². The number of ether oxygens (including phenoxy) is 1. The second-order valence-corrected chi connectivity index (χ2v) is 5.64. The van der Waals surface area contributed by atoms with Gasteiger partial charge in [-0.25, -0.2) is 4.79 Å². The van der Waals surface area contributed by atoms with Crippen LogP contribution in [-0.4, -0.2) is 67.8 Å². The van der Waals surface area contributed by atoms with Crippen molar-refractivity contribution in [3.63, 3.8) is 0 Å². The van der Waals surface area contributed by atoms with Gasteiger partial charge in [0.2, 0.25) is 0 Å². The summed E-state index contributed by atoms with van der Waals surface area (Å²) in [6, 6.07) is 1.64. The molecule has 2 rings (SSSR count). The summed E-state index contributed by atoms with van der Waals surface area (Å²) in [6.07, 6.45) is 3.22. The Balaban J connectivity index is 1.81. The molecule has 5 heteroatoms. The average molecular weight is 255 g/mol. The minimum atomic E-state index is -0.196. The quantitative estimate of drug-likeness (QED) is 0.796. The number of hydrogen-bond acceptors (Lipinski definition) is 4. The summed E-state index contributed by atoms with van der Waals surface area (Å²) >= 11 is 0. The van der Waals surface area contributed by atoms with Crippen LogP contribution in [0.3, 0.4) is 0 Å². The lowest BCUT2D eigenvalue weighted by atomic mass is 10.0. The molecule has 1 N–H and O–H groups in total. The van der Waals surface area contributed by atoms with Crippen molar-refractivity contribution in [3.8, 4) is 0 Å². The number of carbonyl (C=O) groups is 1. The fourth-order valence-electron chi connectivity index (χ4n) is 3.06. The maximum atomic E-state index is 11.5. The third-order valence-corrected chi connectivity index (χ3v) is 4.21. The molecule has 0 bridgehead atoms. The summed E-state index contributed by atoms with van der Waals surface area (Å²) in [6.45, 7) is 4.98. The predicted molar refractivity (Wildman–Crippen MR) is 70.6 cm³/mol. The predicted octanol–water partition coefficient (Wildman–Crippen LogP) is 0.899. The number of piperidine rings is 1. The molecule has 2 aliphatic heterocycles. The third kappa shape index (κ3) is 3.14. The summed E-state index contributed by atoms with van der Waals surface area (Å²) in [5.74, 6) is 0. The minimum Gasteiger partial charge on any atom is -0.453 e. The van der Waals surface area contributed by atoms with E-state index in [0.29, 0.717) is 18.1 Å². The van der Waals surface area contributed by atoms with Crippen LogP contribution in [0.4, 0.5) is 4.79 Å². The Morgan fingerprint density at radius 3 is 2.72 bits per heavy atom. The molecule has 5 nitrogen and oxygen atoms in total. The monoisotopic (exact) mass is 255 g/mol. The van der Waals surface area contributed by atoms with Crippen LogP contribution >= 0.6 is 0 Å². The number of rotatable bonds is 2. The first-order valence-electron chi connectivity index (χ1n) is 6.89. The molecule has 0 aromatic heterocycles. The standard InChI is InChI=1S/C13H25N3O2/c1-10-7-12(8-15(10)2)14-11-5-4-6-16(9-11)13(17)18-3/h10-12,14H,4-9H2,1-3H3. The highest BCUT2D eigenvalue weighted by Gasteiger charge is 2.30. The van der Waals surface area contributed by atoms with E-state index >= 15 is 0 Å². The molecule has 2 fully saturated rings. The largest absolute Gasteiger partial charge is 0.453 e. The molecule has 104 valence electrons. The van der Waals surface area contributed by atoms with E-state index in [0.717, 1.165) is 32.5 Å². The van der Waals surface area contributed by atoms with Crippen LogP contribution < -0.4 is 5.32 Å². The molecule has 2 saturated heterocycles. The zero-order chi connectivity index (χ0) is 13.1. The molecule has 0 radical (unpaired) electrons. The van der Waals surface area contributed by atoms with E-state index in [2.05, 4.69) is 24.2 Å². The van der Waals surface area contributed by atoms with Crippen LogP contribution in [0.5, 0.6) is 0 Å². The number of likely N-dealkylation sites (N-methyl/N-ethyl adjacent to an activating group) is 1. The van der Waals surface area contributed by atoms with Crippen LogP contribution in [0.15, 0.2) is 0 Å². The van der Waals surface area contributed by atoms with Crippen LogP contribution in [-0.2, 0) is 4.74 Å². The van der Waals surface area contributed by atoms with E-state index in [1.54, 1.807) is 0 Å². The molecule has 18 heavy (non-hydrogen) atoms. The van der Waals surface area contributed by atoms with E-state index in [-0.39, 0.29) is 6.09 Å². The normalized spacial score (nSPS) is 33.7. The van der Waals surface area contributed by atoms with E-state index in [9.17, 15) is 4.79 Å². The first-order valence-corrected chi connectivity index (χ1v) is 6.89. The molecule has 2 aliphatic rings. The van der Waals surface area contributed by atoms with E-state index in [1.807, 2.05) is 4.90 Å². The molecule has 0 aliphatic carbocycles. The highest BCUT2D eigenvalue weighted by atomic mass is 16.5. The number of carbonyl (C=O) groups excluding carboxylic acids is 1. The van der Waals surface area contributed by atoms with Gasteiger partial charge in [0.15, 0.2) is 0 Å². The average Bonchev–Trinajstić information content (AvgIpc) is 2.67. The summed E-state index contributed by atoms with van der Waals surface area (Å²) in [5, 5.41) is 3.70. The Morgan fingerprint density at radius 2 is 2.11 bits per heavy atom. The van der Waals surface area contributed by atoms with Crippen molar-refractivity contribution in [3.05, 3.63) is 0 Å². The van der Waals surface area contributed by atoms with Crippen molar-refractivity contribution in [2.24, 2.45) is 0 Å². The molecule has 2 heterocycles. The van der Waals surface area contributed by atoms with Gasteiger partial charge in [0.25, 0.3) is 0 Å². The molecule has 0 aromatic carbocycles. The summed E-state index contributed by atoms with van der Waals surface area (Å²) in [4.78, 5) is 15.7. The molecular formula is C13H25N3O2. The summed E-state index contributed by atoms with van der Waals surface area (Å²) in [7, 11) is 3.63. The van der Waals surface area contributed by atoms with Crippen LogP contribution in [0.2, 0.25) is 0 Å². The van der Waals surface area contributed by atoms with Crippen molar-refractivity contribution in [1.29, 1.82) is 0 Å². The molecule has 0 aromatic rings. The van der Waals surface area contributed by atoms with Gasteiger partial charge in [-0.2, -0.15) is 0 Å². The molecule has 0 spiro atoms. The van der Waals surface area contributed by atoms with Gasteiger partial charge in [0.1, 0.15) is 0 Å². The number of hydrogen-bond donors (Lipinski definition) is 1. The van der Waals surface area contributed by atoms with Crippen molar-refractivity contribution in [2.45, 2.75) is 44.3 Å². The Kier molecular flexibility index (Phi) is 4.45. The van der Waals surface area contributed by atoms with E-state index in [1.165, 1.54) is 13.5 Å². The van der Waals surface area contributed by atoms with Gasteiger partial charge >= 0.3 is 6.09 Å². The highest BCUT2D eigenvalue weighted by Crippen LogP contribution is 2.18. The Labute approximate surface area is 109 Å². The zero-order valence-corrected chi connectivity index (χ0v) is 11.7. The summed E-state index contributed by atoms with van der Waals surface area (Å²) in [5.41, 5.74) is 0. The molecular weight excluding hydrogens is 230 g/mol. The maximum absolute atomic E-state index is 11.5. The topological polar surface area (TPSA) is 44.8 Å². The maximum Gasteiger partial charge on any atom is 0.409 e. The van der Waals surface area contributed by atoms with Gasteiger partial charge in [0, 0.05) is 37.8 Å². The second-order valence-electron chi connectivity index (χ2n) is 5.64. The van der Waals surface area contributed by atoms with Crippen molar-refractivity contribution < 1.29 is 9.53 Å². The van der Waals surface area contributed by atoms with Crippen molar-refractivity contribution >= 4 is 6.09 Å². The van der Waals surface area contributed by atoms with Gasteiger partial charge in [-0.05, 0) is 33.2 Å². The first kappa shape index (κ1) is 13.6. The Hall–Kier alpha value is -0.810. The van der Waals surface area contributed by atoms with Crippen molar-refractivity contribution in [1.82, 2.24) is 15.1 Å². The van der Waals surface area contributed by atoms with E-state index in [4.69, 9.17) is 4.74 Å². The fraction of sp³-hybridized carbons (Fsp3) is 0.923. The number of nitrogens with zero attached hydrogens (tertiary/aromatic N) is 2. The smallest absolute Gasteiger partial charge is 0.409 e. The lowest BCUT2D eigenvalue weighted by Gasteiger charge is -2.33. The Morgan fingerprint density at radius 1 is 1.33 bits per heavy atom. The molecule has 3 unspecified atom stereocenters. The highest BCUT2D eigenvalue weighted by molar-refractivity contribution is 5.67.